The van der Waals surface area contributed by atoms with E-state index in [4.69, 9.17) is 10.9 Å². The summed E-state index contributed by atoms with van der Waals surface area (Å²) in [4.78, 5) is 4.77. The zero-order valence-corrected chi connectivity index (χ0v) is 13.5. The third-order valence-corrected chi connectivity index (χ3v) is 4.34. The smallest absolute Gasteiger partial charge is 0.170 e. The lowest BCUT2D eigenvalue weighted by Crippen LogP contribution is -2.38. The van der Waals surface area contributed by atoms with E-state index in [1.807, 2.05) is 18.2 Å². The maximum absolute atomic E-state index is 8.74. The number of halogens is 1. The van der Waals surface area contributed by atoms with Crippen LogP contribution in [0.4, 0.5) is 5.69 Å². The Hall–Kier alpha value is -1.27. The molecule has 110 valence electrons. The first-order valence-corrected chi connectivity index (χ1v) is 7.55. The molecule has 0 aromatic heterocycles. The van der Waals surface area contributed by atoms with Crippen molar-refractivity contribution in [3.63, 3.8) is 0 Å². The molecule has 1 aromatic carbocycles. The average Bonchev–Trinajstić information content (AvgIpc) is 2.58. The minimum Gasteiger partial charge on any atom is -0.409 e. The van der Waals surface area contributed by atoms with E-state index in [2.05, 4.69) is 44.9 Å². The van der Waals surface area contributed by atoms with Crippen molar-refractivity contribution >= 4 is 27.5 Å². The summed E-state index contributed by atoms with van der Waals surface area (Å²) < 4.78 is 0.970. The van der Waals surface area contributed by atoms with Crippen LogP contribution in [0.2, 0.25) is 0 Å². The van der Waals surface area contributed by atoms with Crippen LogP contribution in [0.15, 0.2) is 27.8 Å². The highest BCUT2D eigenvalue weighted by atomic mass is 79.9. The molecule has 1 aromatic rings. The fourth-order valence-electron chi connectivity index (χ4n) is 2.69. The number of hydrogen-bond acceptors (Lipinski definition) is 4. The van der Waals surface area contributed by atoms with Crippen molar-refractivity contribution in [3.05, 3.63) is 28.2 Å². The van der Waals surface area contributed by atoms with Gasteiger partial charge in [-0.25, -0.2) is 0 Å². The average molecular weight is 341 g/mol. The first-order valence-electron chi connectivity index (χ1n) is 6.75. The van der Waals surface area contributed by atoms with E-state index >= 15 is 0 Å². The topological polar surface area (TPSA) is 65.1 Å². The molecule has 6 heteroatoms. The van der Waals surface area contributed by atoms with Gasteiger partial charge in [0.25, 0.3) is 0 Å². The predicted octanol–water partition coefficient (Wildman–Crippen LogP) is 2.07. The molecule has 0 radical (unpaired) electrons. The van der Waals surface area contributed by atoms with Crippen LogP contribution < -0.4 is 10.6 Å². The Bertz CT molecular complexity index is 506. The van der Waals surface area contributed by atoms with Crippen molar-refractivity contribution in [2.45, 2.75) is 19.4 Å². The van der Waals surface area contributed by atoms with Crippen LogP contribution in [0.1, 0.15) is 18.9 Å². The molecule has 2 rings (SSSR count). The second-order valence-corrected chi connectivity index (χ2v) is 6.16. The zero-order chi connectivity index (χ0) is 14.7. The van der Waals surface area contributed by atoms with Crippen molar-refractivity contribution in [3.8, 4) is 0 Å². The van der Waals surface area contributed by atoms with Crippen LogP contribution in [0, 0.1) is 0 Å². The summed E-state index contributed by atoms with van der Waals surface area (Å²) in [7, 11) is 2.16. The maximum atomic E-state index is 8.74. The third kappa shape index (κ3) is 3.24. The van der Waals surface area contributed by atoms with E-state index in [0.29, 0.717) is 11.6 Å². The maximum Gasteiger partial charge on any atom is 0.170 e. The van der Waals surface area contributed by atoms with Crippen molar-refractivity contribution in [1.82, 2.24) is 4.90 Å². The number of amidine groups is 1. The van der Waals surface area contributed by atoms with Gasteiger partial charge in [-0.2, -0.15) is 0 Å². The number of anilines is 1. The Labute approximate surface area is 128 Å². The molecule has 1 atom stereocenters. The number of hydrogen-bond donors (Lipinski definition) is 2. The molecule has 20 heavy (non-hydrogen) atoms. The molecule has 0 spiro atoms. The van der Waals surface area contributed by atoms with Gasteiger partial charge in [0.1, 0.15) is 0 Å². The van der Waals surface area contributed by atoms with Crippen LogP contribution in [0.3, 0.4) is 0 Å². The molecule has 0 aliphatic carbocycles. The summed E-state index contributed by atoms with van der Waals surface area (Å²) in [5.41, 5.74) is 7.49. The van der Waals surface area contributed by atoms with Gasteiger partial charge >= 0.3 is 0 Å². The lowest BCUT2D eigenvalue weighted by atomic mass is 10.1. The summed E-state index contributed by atoms with van der Waals surface area (Å²) >= 11 is 3.60. The monoisotopic (exact) mass is 340 g/mol. The van der Waals surface area contributed by atoms with Crippen molar-refractivity contribution in [2.75, 3.05) is 31.6 Å². The molecule has 1 fully saturated rings. The van der Waals surface area contributed by atoms with E-state index in [1.54, 1.807) is 0 Å². The molecule has 0 saturated carbocycles. The minimum atomic E-state index is 0.126. The molecule has 1 aliphatic rings. The number of nitrogens with zero attached hydrogens (tertiary/aromatic N) is 3. The quantitative estimate of drug-likeness (QED) is 0.374. The Balaban J connectivity index is 2.28. The molecule has 3 N–H and O–H groups in total. The zero-order valence-electron chi connectivity index (χ0n) is 11.9. The number of nitrogens with two attached hydrogens (primary N) is 1. The predicted molar refractivity (Wildman–Crippen MR) is 85.6 cm³/mol. The molecule has 1 heterocycles. The SMILES string of the molecule is CC1CN(C)CCCN1c1ccc(/C(N)=N/O)cc1Br. The van der Waals surface area contributed by atoms with Gasteiger partial charge in [0, 0.05) is 29.2 Å². The van der Waals surface area contributed by atoms with Crippen LogP contribution in [-0.4, -0.2) is 48.7 Å². The van der Waals surface area contributed by atoms with Crippen LogP contribution in [0.25, 0.3) is 0 Å². The molecule has 1 saturated heterocycles. The number of benzene rings is 1. The molecule has 1 aliphatic heterocycles. The highest BCUT2D eigenvalue weighted by Crippen LogP contribution is 2.30. The van der Waals surface area contributed by atoms with Gasteiger partial charge < -0.3 is 20.7 Å². The molecular weight excluding hydrogens is 320 g/mol. The van der Waals surface area contributed by atoms with Gasteiger partial charge in [-0.3, -0.25) is 0 Å². The first kappa shape index (κ1) is 15.1. The van der Waals surface area contributed by atoms with E-state index < -0.39 is 0 Å². The van der Waals surface area contributed by atoms with Gasteiger partial charge in [-0.05, 0) is 61.1 Å². The lowest BCUT2D eigenvalue weighted by molar-refractivity contribution is 0.318. The van der Waals surface area contributed by atoms with Gasteiger partial charge in [-0.15, -0.1) is 0 Å². The second kappa shape index (κ2) is 6.45. The van der Waals surface area contributed by atoms with Gasteiger partial charge in [-0.1, -0.05) is 5.16 Å². The largest absolute Gasteiger partial charge is 0.409 e. The first-order chi connectivity index (χ1) is 9.52. The van der Waals surface area contributed by atoms with E-state index in [-0.39, 0.29) is 5.84 Å². The van der Waals surface area contributed by atoms with Crippen LogP contribution >= 0.6 is 15.9 Å². The normalized spacial score (nSPS) is 21.9. The molecule has 1 unspecified atom stereocenters. The summed E-state index contributed by atoms with van der Waals surface area (Å²) in [6.07, 6.45) is 1.15. The Morgan fingerprint density at radius 3 is 2.85 bits per heavy atom. The molecule has 5 nitrogen and oxygen atoms in total. The number of oxime groups is 1. The molecular formula is C14H21BrN4O. The fourth-order valence-corrected chi connectivity index (χ4v) is 3.29. The van der Waals surface area contributed by atoms with Crippen molar-refractivity contribution < 1.29 is 5.21 Å². The summed E-state index contributed by atoms with van der Waals surface area (Å²) in [6, 6.07) is 6.26. The number of rotatable bonds is 2. The second-order valence-electron chi connectivity index (χ2n) is 5.31. The van der Waals surface area contributed by atoms with E-state index in [1.165, 1.54) is 0 Å². The highest BCUT2D eigenvalue weighted by molar-refractivity contribution is 9.10. The summed E-state index contributed by atoms with van der Waals surface area (Å²) in [5.74, 6) is 0.126. The molecule has 0 bridgehead atoms. The lowest BCUT2D eigenvalue weighted by Gasteiger charge is -2.31. The Morgan fingerprint density at radius 2 is 2.20 bits per heavy atom. The van der Waals surface area contributed by atoms with Crippen LogP contribution in [-0.2, 0) is 0 Å². The van der Waals surface area contributed by atoms with Gasteiger partial charge in [0.05, 0.1) is 5.69 Å². The Kier molecular flexibility index (Phi) is 4.88. The highest BCUT2D eigenvalue weighted by Gasteiger charge is 2.21. The standard InChI is InChI=1S/C14H21BrN4O/c1-10-9-18(2)6-3-7-19(10)13-5-4-11(8-12(13)15)14(16)17-20/h4-5,8,10,20H,3,6-7,9H2,1-2H3,(H2,16,17). The third-order valence-electron chi connectivity index (χ3n) is 3.71. The van der Waals surface area contributed by atoms with Gasteiger partial charge in [0.15, 0.2) is 5.84 Å². The van der Waals surface area contributed by atoms with Crippen LogP contribution in [0.5, 0.6) is 0 Å². The minimum absolute atomic E-state index is 0.126. The molecule has 0 amide bonds. The summed E-state index contributed by atoms with van der Waals surface area (Å²) in [6.45, 7) is 5.45. The van der Waals surface area contributed by atoms with E-state index in [9.17, 15) is 0 Å². The van der Waals surface area contributed by atoms with Crippen molar-refractivity contribution in [1.29, 1.82) is 0 Å². The van der Waals surface area contributed by atoms with Crippen molar-refractivity contribution in [2.24, 2.45) is 10.9 Å². The van der Waals surface area contributed by atoms with E-state index in [0.717, 1.165) is 36.2 Å². The fraction of sp³-hybridized carbons (Fsp3) is 0.500. The Morgan fingerprint density at radius 1 is 1.45 bits per heavy atom. The summed E-state index contributed by atoms with van der Waals surface area (Å²) in [5, 5.41) is 11.8. The number of likely N-dealkylation sites (N-methyl/N-ethyl adjacent to an activating group) is 1. The van der Waals surface area contributed by atoms with Gasteiger partial charge in [0.2, 0.25) is 0 Å².